The van der Waals surface area contributed by atoms with Crippen molar-refractivity contribution < 1.29 is 26.3 Å². The molecule has 11 heteroatoms. The quantitative estimate of drug-likeness (QED) is 0.246. The second kappa shape index (κ2) is 7.67. The lowest BCUT2D eigenvalue weighted by Gasteiger charge is -2.32. The number of nitrogens with zero attached hydrogens (tertiary/aromatic N) is 2. The number of anilines is 2. The lowest BCUT2D eigenvalue weighted by Crippen LogP contribution is -2.41. The van der Waals surface area contributed by atoms with E-state index in [-0.39, 0.29) is 8.61 Å². The van der Waals surface area contributed by atoms with E-state index in [1.807, 2.05) is 0 Å². The van der Waals surface area contributed by atoms with Crippen molar-refractivity contribution in [1.29, 1.82) is 0 Å². The Hall–Kier alpha value is -1.07. The Morgan fingerprint density at radius 1 is 0.600 bits per heavy atom. The first kappa shape index (κ1) is 20.2. The Balaban J connectivity index is 2.42. The van der Waals surface area contributed by atoms with E-state index < -0.39 is 36.1 Å². The second-order valence-electron chi connectivity index (χ2n) is 4.56. The molecular formula is C14H8Br2F6N2S. The van der Waals surface area contributed by atoms with Crippen molar-refractivity contribution in [2.75, 3.05) is 8.61 Å². The van der Waals surface area contributed by atoms with Crippen LogP contribution in [0.25, 0.3) is 0 Å². The van der Waals surface area contributed by atoms with Crippen LogP contribution in [-0.4, -0.2) is 12.6 Å². The summed E-state index contributed by atoms with van der Waals surface area (Å²) in [5, 5.41) is 0. The first-order chi connectivity index (χ1) is 11.5. The average Bonchev–Trinajstić information content (AvgIpc) is 2.48. The summed E-state index contributed by atoms with van der Waals surface area (Å²) in [6.07, 6.45) is -10.1. The molecule has 25 heavy (non-hydrogen) atoms. The fraction of sp³-hybridized carbons (Fsp3) is 0.143. The van der Waals surface area contributed by atoms with Gasteiger partial charge in [0.1, 0.15) is 0 Å². The van der Waals surface area contributed by atoms with Crippen LogP contribution in [0.15, 0.2) is 57.5 Å². The molecule has 0 saturated carbocycles. The van der Waals surface area contributed by atoms with Gasteiger partial charge in [0.05, 0.1) is 23.5 Å². The molecule has 0 aliphatic carbocycles. The SMILES string of the molecule is FC(F)(F)N(SN(c1ccc(Br)cc1)C(F)(F)F)c1ccc(Br)cc1. The number of halogens is 8. The van der Waals surface area contributed by atoms with Crippen LogP contribution in [0, 0.1) is 0 Å². The molecule has 0 N–H and O–H groups in total. The molecule has 0 aromatic heterocycles. The molecule has 2 rings (SSSR count). The van der Waals surface area contributed by atoms with Gasteiger partial charge in [-0.15, -0.1) is 26.3 Å². The Kier molecular flexibility index (Phi) is 6.21. The van der Waals surface area contributed by atoms with Gasteiger partial charge in [-0.2, -0.15) is 0 Å². The summed E-state index contributed by atoms with van der Waals surface area (Å²) in [5.41, 5.74) is -0.876. The number of hydrogen-bond acceptors (Lipinski definition) is 3. The normalized spacial score (nSPS) is 12.2. The summed E-state index contributed by atoms with van der Waals surface area (Å²) in [4.78, 5) is 0. The van der Waals surface area contributed by atoms with Crippen molar-refractivity contribution in [3.8, 4) is 0 Å². The number of rotatable bonds is 4. The number of hydrogen-bond donors (Lipinski definition) is 0. The average molecular weight is 510 g/mol. The first-order valence-corrected chi connectivity index (χ1v) is 8.73. The molecule has 0 atom stereocenters. The molecule has 0 spiro atoms. The van der Waals surface area contributed by atoms with Crippen LogP contribution in [0.5, 0.6) is 0 Å². The van der Waals surface area contributed by atoms with Crippen LogP contribution in [0.2, 0.25) is 0 Å². The van der Waals surface area contributed by atoms with E-state index in [9.17, 15) is 26.3 Å². The van der Waals surface area contributed by atoms with E-state index in [0.29, 0.717) is 8.95 Å². The number of alkyl halides is 6. The molecule has 0 radical (unpaired) electrons. The summed E-state index contributed by atoms with van der Waals surface area (Å²) < 4.78 is 80.3. The molecule has 0 fully saturated rings. The van der Waals surface area contributed by atoms with Crippen LogP contribution < -0.4 is 8.61 Å². The highest BCUT2D eigenvalue weighted by molar-refractivity contribution is 9.10. The molecule has 0 amide bonds. The molecule has 136 valence electrons. The Morgan fingerprint density at radius 3 is 1.12 bits per heavy atom. The smallest absolute Gasteiger partial charge is 0.207 e. The topological polar surface area (TPSA) is 6.48 Å². The van der Waals surface area contributed by atoms with Gasteiger partial charge < -0.3 is 0 Å². The van der Waals surface area contributed by atoms with Crippen LogP contribution in [0.3, 0.4) is 0 Å². The van der Waals surface area contributed by atoms with Gasteiger partial charge >= 0.3 is 12.6 Å². The molecule has 2 aromatic carbocycles. The second-order valence-corrected chi connectivity index (χ2v) is 7.28. The van der Waals surface area contributed by atoms with E-state index in [1.165, 1.54) is 24.3 Å². The predicted octanol–water partition coefficient (Wildman–Crippen LogP) is 7.13. The molecule has 0 aliphatic rings. The third kappa shape index (κ3) is 5.45. The highest BCUT2D eigenvalue weighted by atomic mass is 79.9. The van der Waals surface area contributed by atoms with Gasteiger partial charge in [-0.05, 0) is 48.5 Å². The van der Waals surface area contributed by atoms with E-state index in [1.54, 1.807) is 0 Å². The zero-order valence-corrected chi connectivity index (χ0v) is 15.9. The lowest BCUT2D eigenvalue weighted by molar-refractivity contribution is -0.119. The maximum absolute atomic E-state index is 13.3. The molecule has 0 heterocycles. The molecule has 0 unspecified atom stereocenters. The summed E-state index contributed by atoms with van der Waals surface area (Å²) in [6, 6.07) is 9.53. The van der Waals surface area contributed by atoms with E-state index in [0.717, 1.165) is 24.3 Å². The Labute approximate surface area is 160 Å². The maximum Gasteiger partial charge on any atom is 0.496 e. The highest BCUT2D eigenvalue weighted by Gasteiger charge is 2.46. The van der Waals surface area contributed by atoms with Gasteiger partial charge in [0, 0.05) is 8.95 Å². The minimum absolute atomic E-state index is 0.352. The van der Waals surface area contributed by atoms with Gasteiger partial charge in [0.2, 0.25) is 0 Å². The van der Waals surface area contributed by atoms with E-state index in [2.05, 4.69) is 31.9 Å². The Bertz CT molecular complexity index is 642. The molecular weight excluding hydrogens is 502 g/mol. The maximum atomic E-state index is 13.3. The lowest BCUT2D eigenvalue weighted by atomic mass is 10.3. The van der Waals surface area contributed by atoms with Gasteiger partial charge in [0.25, 0.3) is 0 Å². The van der Waals surface area contributed by atoms with Crippen LogP contribution in [0.1, 0.15) is 0 Å². The minimum atomic E-state index is -5.03. The van der Waals surface area contributed by atoms with Crippen molar-refractivity contribution >= 4 is 55.4 Å². The first-order valence-electron chi connectivity index (χ1n) is 6.41. The highest BCUT2D eigenvalue weighted by Crippen LogP contribution is 2.43. The molecule has 0 aliphatic heterocycles. The fourth-order valence-electron chi connectivity index (χ4n) is 1.71. The zero-order chi connectivity index (χ0) is 18.8. The summed E-state index contributed by atoms with van der Waals surface area (Å²) >= 11 is 5.65. The minimum Gasteiger partial charge on any atom is -0.207 e. The van der Waals surface area contributed by atoms with Gasteiger partial charge in [-0.1, -0.05) is 31.9 Å². The molecule has 2 aromatic rings. The van der Waals surface area contributed by atoms with Crippen LogP contribution in [0.4, 0.5) is 37.7 Å². The Morgan fingerprint density at radius 2 is 0.880 bits per heavy atom. The van der Waals surface area contributed by atoms with Crippen molar-refractivity contribution in [2.45, 2.75) is 12.6 Å². The van der Waals surface area contributed by atoms with Gasteiger partial charge in [-0.3, -0.25) is 0 Å². The van der Waals surface area contributed by atoms with Crippen molar-refractivity contribution in [3.63, 3.8) is 0 Å². The third-order valence-corrected chi connectivity index (χ3v) is 4.97. The summed E-state index contributed by atoms with van der Waals surface area (Å²) in [7, 11) is 0. The van der Waals surface area contributed by atoms with Crippen molar-refractivity contribution in [1.82, 2.24) is 0 Å². The molecule has 2 nitrogen and oxygen atoms in total. The van der Waals surface area contributed by atoms with E-state index >= 15 is 0 Å². The summed E-state index contributed by atoms with van der Waals surface area (Å²) in [5.74, 6) is 0. The standard InChI is InChI=1S/C14H8Br2F6N2S/c15-9-1-5-11(6-2-9)23(13(17,18)19)25-24(14(20,21)22)12-7-3-10(16)4-8-12/h1-8H. The van der Waals surface area contributed by atoms with E-state index in [4.69, 9.17) is 0 Å². The summed E-state index contributed by atoms with van der Waals surface area (Å²) in [6.45, 7) is 0. The number of benzene rings is 2. The monoisotopic (exact) mass is 508 g/mol. The molecule has 0 saturated heterocycles. The fourth-order valence-corrected chi connectivity index (χ4v) is 3.02. The van der Waals surface area contributed by atoms with Crippen LogP contribution in [-0.2, 0) is 0 Å². The largest absolute Gasteiger partial charge is 0.496 e. The third-order valence-electron chi connectivity index (χ3n) is 2.75. The van der Waals surface area contributed by atoms with Crippen molar-refractivity contribution in [3.05, 3.63) is 57.5 Å². The predicted molar refractivity (Wildman–Crippen MR) is 92.9 cm³/mol. The molecule has 0 bridgehead atoms. The van der Waals surface area contributed by atoms with Gasteiger partial charge in [-0.25, -0.2) is 8.61 Å². The van der Waals surface area contributed by atoms with Gasteiger partial charge in [0.15, 0.2) is 0 Å². The van der Waals surface area contributed by atoms with Crippen LogP contribution >= 0.6 is 44.0 Å². The van der Waals surface area contributed by atoms with Crippen molar-refractivity contribution in [2.24, 2.45) is 0 Å². The zero-order valence-electron chi connectivity index (χ0n) is 11.9.